The van der Waals surface area contributed by atoms with Gasteiger partial charge in [0.05, 0.1) is 6.10 Å². The van der Waals surface area contributed by atoms with Crippen molar-refractivity contribution < 1.29 is 4.74 Å². The molecule has 0 aromatic heterocycles. The predicted molar refractivity (Wildman–Crippen MR) is 57.5 cm³/mol. The molecule has 1 fully saturated rings. The number of nitrogens with two attached hydrogens (primary N) is 1. The lowest BCUT2D eigenvalue weighted by atomic mass is 10.1. The fraction of sp³-hybridized carbons (Fsp3) is 0.455. The summed E-state index contributed by atoms with van der Waals surface area (Å²) in [5, 5.41) is 3.11. The Kier molecular flexibility index (Phi) is 2.59. The Hall–Kier alpha value is -1.22. The third-order valence-electron chi connectivity index (χ3n) is 2.39. The molecule has 1 aliphatic carbocycles. The summed E-state index contributed by atoms with van der Waals surface area (Å²) in [4.78, 5) is 0. The number of benzene rings is 1. The van der Waals surface area contributed by atoms with E-state index in [-0.39, 0.29) is 0 Å². The molecule has 2 rings (SSSR count). The fourth-order valence-corrected chi connectivity index (χ4v) is 1.43. The zero-order chi connectivity index (χ0) is 9.97. The van der Waals surface area contributed by atoms with E-state index in [4.69, 9.17) is 10.5 Å². The van der Waals surface area contributed by atoms with Crippen LogP contribution < -0.4 is 15.8 Å². The van der Waals surface area contributed by atoms with Gasteiger partial charge in [-0.2, -0.15) is 0 Å². The predicted octanol–water partition coefficient (Wildman–Crippen LogP) is 1.73. The summed E-state index contributed by atoms with van der Waals surface area (Å²) in [5.41, 5.74) is 7.83. The van der Waals surface area contributed by atoms with Crippen LogP contribution in [0.2, 0.25) is 0 Å². The number of anilines is 1. The van der Waals surface area contributed by atoms with E-state index in [2.05, 4.69) is 5.32 Å². The van der Waals surface area contributed by atoms with E-state index in [1.807, 2.05) is 25.2 Å². The topological polar surface area (TPSA) is 47.3 Å². The molecular formula is C11H16N2O. The summed E-state index contributed by atoms with van der Waals surface area (Å²) < 4.78 is 5.68. The third-order valence-corrected chi connectivity index (χ3v) is 2.39. The average Bonchev–Trinajstić information content (AvgIpc) is 3.01. The molecule has 0 amide bonds. The van der Waals surface area contributed by atoms with Crippen molar-refractivity contribution in [1.82, 2.24) is 0 Å². The van der Waals surface area contributed by atoms with Gasteiger partial charge < -0.3 is 15.8 Å². The van der Waals surface area contributed by atoms with Gasteiger partial charge >= 0.3 is 0 Å². The molecule has 1 aromatic rings. The second-order valence-electron chi connectivity index (χ2n) is 3.59. The molecule has 0 saturated heterocycles. The van der Waals surface area contributed by atoms with Crippen molar-refractivity contribution in [2.45, 2.75) is 25.5 Å². The van der Waals surface area contributed by atoms with Crippen molar-refractivity contribution in [2.75, 3.05) is 12.4 Å². The van der Waals surface area contributed by atoms with Gasteiger partial charge in [-0.15, -0.1) is 0 Å². The van der Waals surface area contributed by atoms with E-state index >= 15 is 0 Å². The van der Waals surface area contributed by atoms with Crippen LogP contribution >= 0.6 is 0 Å². The largest absolute Gasteiger partial charge is 0.490 e. The van der Waals surface area contributed by atoms with Crippen LogP contribution in [0.3, 0.4) is 0 Å². The molecule has 1 aliphatic rings. The summed E-state index contributed by atoms with van der Waals surface area (Å²) in [6, 6.07) is 6.02. The maximum atomic E-state index is 5.68. The van der Waals surface area contributed by atoms with Gasteiger partial charge in [0.2, 0.25) is 0 Å². The zero-order valence-corrected chi connectivity index (χ0v) is 8.42. The van der Waals surface area contributed by atoms with Crippen LogP contribution in [0.4, 0.5) is 5.69 Å². The molecule has 3 heteroatoms. The first kappa shape index (κ1) is 9.34. The second kappa shape index (κ2) is 3.88. The van der Waals surface area contributed by atoms with E-state index in [1.165, 1.54) is 12.8 Å². The Bertz CT molecular complexity index is 321. The van der Waals surface area contributed by atoms with Gasteiger partial charge in [-0.25, -0.2) is 0 Å². The summed E-state index contributed by atoms with van der Waals surface area (Å²) in [6.45, 7) is 0.540. The highest BCUT2D eigenvalue weighted by atomic mass is 16.5. The Morgan fingerprint density at radius 2 is 2.29 bits per heavy atom. The first-order valence-corrected chi connectivity index (χ1v) is 5.01. The van der Waals surface area contributed by atoms with E-state index in [0.717, 1.165) is 17.0 Å². The smallest absolute Gasteiger partial charge is 0.120 e. The molecule has 0 unspecified atom stereocenters. The molecule has 0 radical (unpaired) electrons. The molecular weight excluding hydrogens is 176 g/mol. The SMILES string of the molecule is CNc1ccc(OC2CC2)cc1CN. The van der Waals surface area contributed by atoms with Crippen molar-refractivity contribution in [3.05, 3.63) is 23.8 Å². The quantitative estimate of drug-likeness (QED) is 0.763. The number of rotatable bonds is 4. The highest BCUT2D eigenvalue weighted by Gasteiger charge is 2.23. The van der Waals surface area contributed by atoms with E-state index < -0.39 is 0 Å². The molecule has 0 atom stereocenters. The molecule has 0 spiro atoms. The van der Waals surface area contributed by atoms with Crippen LogP contribution in [-0.4, -0.2) is 13.2 Å². The monoisotopic (exact) mass is 192 g/mol. The average molecular weight is 192 g/mol. The van der Waals surface area contributed by atoms with E-state index in [0.29, 0.717) is 12.6 Å². The summed E-state index contributed by atoms with van der Waals surface area (Å²) in [5.74, 6) is 0.937. The van der Waals surface area contributed by atoms with Gasteiger partial charge in [-0.1, -0.05) is 0 Å². The molecule has 1 aromatic carbocycles. The Morgan fingerprint density at radius 3 is 2.86 bits per heavy atom. The van der Waals surface area contributed by atoms with Crippen molar-refractivity contribution in [1.29, 1.82) is 0 Å². The molecule has 3 N–H and O–H groups in total. The van der Waals surface area contributed by atoms with Crippen molar-refractivity contribution in [3.8, 4) is 5.75 Å². The molecule has 0 bridgehead atoms. The molecule has 3 nitrogen and oxygen atoms in total. The fourth-order valence-electron chi connectivity index (χ4n) is 1.43. The Balaban J connectivity index is 2.16. The van der Waals surface area contributed by atoms with Gasteiger partial charge in [0.1, 0.15) is 5.75 Å². The minimum absolute atomic E-state index is 0.445. The normalized spacial score (nSPS) is 15.3. The second-order valence-corrected chi connectivity index (χ2v) is 3.59. The van der Waals surface area contributed by atoms with E-state index in [9.17, 15) is 0 Å². The van der Waals surface area contributed by atoms with Gasteiger partial charge in [0.25, 0.3) is 0 Å². The molecule has 0 aliphatic heterocycles. The lowest BCUT2D eigenvalue weighted by Crippen LogP contribution is -2.03. The van der Waals surface area contributed by atoms with Crippen LogP contribution in [-0.2, 0) is 6.54 Å². The maximum absolute atomic E-state index is 5.68. The Labute approximate surface area is 84.3 Å². The zero-order valence-electron chi connectivity index (χ0n) is 8.42. The van der Waals surface area contributed by atoms with Gasteiger partial charge in [-0.3, -0.25) is 0 Å². The Morgan fingerprint density at radius 1 is 1.50 bits per heavy atom. The first-order valence-electron chi connectivity index (χ1n) is 5.01. The molecule has 0 heterocycles. The number of hydrogen-bond acceptors (Lipinski definition) is 3. The molecule has 14 heavy (non-hydrogen) atoms. The lowest BCUT2D eigenvalue weighted by molar-refractivity contribution is 0.303. The maximum Gasteiger partial charge on any atom is 0.120 e. The van der Waals surface area contributed by atoms with Crippen LogP contribution in [0.5, 0.6) is 5.75 Å². The number of ether oxygens (including phenoxy) is 1. The highest BCUT2D eigenvalue weighted by Crippen LogP contribution is 2.29. The van der Waals surface area contributed by atoms with Crippen LogP contribution in [0.1, 0.15) is 18.4 Å². The minimum atomic E-state index is 0.445. The van der Waals surface area contributed by atoms with Gasteiger partial charge in [0.15, 0.2) is 0 Å². The van der Waals surface area contributed by atoms with Gasteiger partial charge in [-0.05, 0) is 36.6 Å². The number of nitrogens with one attached hydrogen (secondary N) is 1. The third kappa shape index (κ3) is 1.99. The van der Waals surface area contributed by atoms with Crippen LogP contribution in [0.15, 0.2) is 18.2 Å². The summed E-state index contributed by atoms with van der Waals surface area (Å²) >= 11 is 0. The van der Waals surface area contributed by atoms with E-state index in [1.54, 1.807) is 0 Å². The molecule has 1 saturated carbocycles. The highest BCUT2D eigenvalue weighted by molar-refractivity contribution is 5.53. The number of hydrogen-bond donors (Lipinski definition) is 2. The van der Waals surface area contributed by atoms with Gasteiger partial charge in [0, 0.05) is 19.3 Å². The standard InChI is InChI=1S/C11H16N2O/c1-13-11-5-4-10(6-8(11)7-12)14-9-2-3-9/h4-6,9,13H,2-3,7,12H2,1H3. The summed E-state index contributed by atoms with van der Waals surface area (Å²) in [7, 11) is 1.90. The van der Waals surface area contributed by atoms with Crippen molar-refractivity contribution in [2.24, 2.45) is 5.73 Å². The van der Waals surface area contributed by atoms with Crippen molar-refractivity contribution in [3.63, 3.8) is 0 Å². The summed E-state index contributed by atoms with van der Waals surface area (Å²) in [6.07, 6.45) is 2.82. The minimum Gasteiger partial charge on any atom is -0.490 e. The van der Waals surface area contributed by atoms with Crippen LogP contribution in [0.25, 0.3) is 0 Å². The van der Waals surface area contributed by atoms with Crippen LogP contribution in [0, 0.1) is 0 Å². The molecule has 76 valence electrons. The lowest BCUT2D eigenvalue weighted by Gasteiger charge is -2.10. The first-order chi connectivity index (χ1) is 6.83. The van der Waals surface area contributed by atoms with Crippen molar-refractivity contribution >= 4 is 5.69 Å².